The van der Waals surface area contributed by atoms with Crippen molar-refractivity contribution in [1.29, 1.82) is 0 Å². The number of ether oxygens (including phenoxy) is 5. The van der Waals surface area contributed by atoms with Gasteiger partial charge in [-0.3, -0.25) is 4.79 Å². The third-order valence-electron chi connectivity index (χ3n) is 6.32. The van der Waals surface area contributed by atoms with Crippen LogP contribution in [0, 0.1) is 0 Å². The summed E-state index contributed by atoms with van der Waals surface area (Å²) in [4.78, 5) is 12.3. The molecule has 6 atom stereocenters. The zero-order valence-corrected chi connectivity index (χ0v) is 20.2. The Labute approximate surface area is 211 Å². The van der Waals surface area contributed by atoms with Crippen LogP contribution >= 0.6 is 0 Å². The number of carbonyl (C=O) groups is 1. The fourth-order valence-corrected chi connectivity index (χ4v) is 4.60. The van der Waals surface area contributed by atoms with Crippen LogP contribution in [0.4, 0.5) is 0 Å². The molecule has 7 heteroatoms. The molecule has 3 aromatic rings. The lowest BCUT2D eigenvalue weighted by molar-refractivity contribution is -0.350. The molecule has 2 heterocycles. The van der Waals surface area contributed by atoms with Crippen molar-refractivity contribution in [1.82, 2.24) is 5.32 Å². The van der Waals surface area contributed by atoms with Gasteiger partial charge in [0.15, 0.2) is 12.6 Å². The summed E-state index contributed by atoms with van der Waals surface area (Å²) in [6, 6.07) is 29.0. The van der Waals surface area contributed by atoms with Crippen molar-refractivity contribution in [3.8, 4) is 0 Å². The van der Waals surface area contributed by atoms with Crippen LogP contribution in [0.15, 0.2) is 91.0 Å². The van der Waals surface area contributed by atoms with Crippen molar-refractivity contribution in [2.45, 2.75) is 57.1 Å². The maximum absolute atomic E-state index is 12.3. The second-order valence-electron chi connectivity index (χ2n) is 9.00. The first kappa shape index (κ1) is 24.6. The highest BCUT2D eigenvalue weighted by Gasteiger charge is 2.51. The second-order valence-corrected chi connectivity index (χ2v) is 9.00. The van der Waals surface area contributed by atoms with Crippen LogP contribution < -0.4 is 5.32 Å². The third kappa shape index (κ3) is 6.00. The average Bonchev–Trinajstić information content (AvgIpc) is 2.92. The third-order valence-corrected chi connectivity index (χ3v) is 6.32. The normalized spacial score (nSPS) is 27.7. The van der Waals surface area contributed by atoms with E-state index in [1.807, 2.05) is 91.0 Å². The standard InChI is InChI=1S/C29H31NO6/c1-20(31)30-25-27(32-17-21-11-5-2-6-12-21)26-24(19-34-28(36-26)23-15-9-4-10-16-23)35-29(25)33-18-22-13-7-3-8-14-22/h2-16,24-29H,17-19H2,1H3,(H,30,31)/t24-,25-,26-,27-,28?,29-/m1/s1. The van der Waals surface area contributed by atoms with Crippen molar-refractivity contribution in [3.63, 3.8) is 0 Å². The van der Waals surface area contributed by atoms with Crippen LogP contribution in [-0.4, -0.2) is 43.2 Å². The molecule has 3 aromatic carbocycles. The molecule has 0 spiro atoms. The predicted octanol–water partition coefficient (Wildman–Crippen LogP) is 4.13. The monoisotopic (exact) mass is 489 g/mol. The van der Waals surface area contributed by atoms with E-state index in [1.165, 1.54) is 6.92 Å². The maximum atomic E-state index is 12.3. The van der Waals surface area contributed by atoms with Crippen molar-refractivity contribution in [3.05, 3.63) is 108 Å². The fourth-order valence-electron chi connectivity index (χ4n) is 4.60. The van der Waals surface area contributed by atoms with Gasteiger partial charge in [-0.1, -0.05) is 91.0 Å². The van der Waals surface area contributed by atoms with E-state index in [0.717, 1.165) is 16.7 Å². The first-order valence-corrected chi connectivity index (χ1v) is 12.2. The number of amides is 1. The highest BCUT2D eigenvalue weighted by atomic mass is 16.7. The molecule has 1 unspecified atom stereocenters. The summed E-state index contributed by atoms with van der Waals surface area (Å²) in [6.07, 6.45) is -2.71. The highest BCUT2D eigenvalue weighted by molar-refractivity contribution is 5.73. The van der Waals surface area contributed by atoms with Crippen molar-refractivity contribution in [2.24, 2.45) is 0 Å². The number of hydrogen-bond acceptors (Lipinski definition) is 6. The molecule has 7 nitrogen and oxygen atoms in total. The Kier molecular flexibility index (Phi) is 8.05. The molecule has 188 valence electrons. The lowest BCUT2D eigenvalue weighted by Gasteiger charge is -2.49. The molecular formula is C29H31NO6. The van der Waals surface area contributed by atoms with Gasteiger partial charge in [0, 0.05) is 12.5 Å². The predicted molar refractivity (Wildman–Crippen MR) is 133 cm³/mol. The Morgan fingerprint density at radius 3 is 2.03 bits per heavy atom. The Morgan fingerprint density at radius 1 is 0.833 bits per heavy atom. The molecule has 2 saturated heterocycles. The summed E-state index contributed by atoms with van der Waals surface area (Å²) in [6.45, 7) is 2.48. The van der Waals surface area contributed by atoms with Crippen LogP contribution in [0.3, 0.4) is 0 Å². The largest absolute Gasteiger partial charge is 0.368 e. The fraction of sp³-hybridized carbons (Fsp3) is 0.345. The van der Waals surface area contributed by atoms with E-state index in [1.54, 1.807) is 0 Å². The van der Waals surface area contributed by atoms with E-state index in [0.29, 0.717) is 19.8 Å². The summed E-state index contributed by atoms with van der Waals surface area (Å²) < 4.78 is 31.4. The van der Waals surface area contributed by atoms with Crippen LogP contribution in [0.2, 0.25) is 0 Å². The number of rotatable bonds is 8. The molecule has 36 heavy (non-hydrogen) atoms. The van der Waals surface area contributed by atoms with Gasteiger partial charge in [0.1, 0.15) is 24.4 Å². The smallest absolute Gasteiger partial charge is 0.217 e. The summed E-state index contributed by atoms with van der Waals surface area (Å²) in [5.41, 5.74) is 2.94. The summed E-state index contributed by atoms with van der Waals surface area (Å²) in [5, 5.41) is 3.01. The molecular weight excluding hydrogens is 458 g/mol. The summed E-state index contributed by atoms with van der Waals surface area (Å²) in [7, 11) is 0. The van der Waals surface area contributed by atoms with Gasteiger partial charge in [0.25, 0.3) is 0 Å². The molecule has 1 N–H and O–H groups in total. The van der Waals surface area contributed by atoms with E-state index < -0.39 is 36.9 Å². The molecule has 0 radical (unpaired) electrons. The Balaban J connectivity index is 1.40. The zero-order valence-electron chi connectivity index (χ0n) is 20.2. The van der Waals surface area contributed by atoms with Gasteiger partial charge >= 0.3 is 0 Å². The highest BCUT2D eigenvalue weighted by Crippen LogP contribution is 2.36. The molecule has 0 aliphatic carbocycles. The van der Waals surface area contributed by atoms with Crippen molar-refractivity contribution in [2.75, 3.05) is 6.61 Å². The van der Waals surface area contributed by atoms with Gasteiger partial charge < -0.3 is 29.0 Å². The van der Waals surface area contributed by atoms with E-state index in [2.05, 4.69) is 5.32 Å². The molecule has 0 aromatic heterocycles. The van der Waals surface area contributed by atoms with Gasteiger partial charge in [0.2, 0.25) is 5.91 Å². The van der Waals surface area contributed by atoms with E-state index in [4.69, 9.17) is 23.7 Å². The molecule has 2 aliphatic rings. The zero-order chi connectivity index (χ0) is 24.7. The van der Waals surface area contributed by atoms with Gasteiger partial charge in [-0.15, -0.1) is 0 Å². The average molecular weight is 490 g/mol. The maximum Gasteiger partial charge on any atom is 0.217 e. The topological polar surface area (TPSA) is 75.3 Å². The molecule has 1 amide bonds. The lowest BCUT2D eigenvalue weighted by Crippen LogP contribution is -2.67. The van der Waals surface area contributed by atoms with Gasteiger partial charge in [-0.05, 0) is 11.1 Å². The molecule has 5 rings (SSSR count). The van der Waals surface area contributed by atoms with Gasteiger partial charge in [-0.2, -0.15) is 0 Å². The summed E-state index contributed by atoms with van der Waals surface area (Å²) >= 11 is 0. The van der Waals surface area contributed by atoms with Crippen molar-refractivity contribution >= 4 is 5.91 Å². The number of fused-ring (bicyclic) bond motifs is 1. The first-order valence-electron chi connectivity index (χ1n) is 12.2. The van der Waals surface area contributed by atoms with Crippen LogP contribution in [0.1, 0.15) is 29.9 Å². The summed E-state index contributed by atoms with van der Waals surface area (Å²) in [5.74, 6) is -0.199. The minimum atomic E-state index is -0.739. The van der Waals surface area contributed by atoms with Crippen LogP contribution in [0.25, 0.3) is 0 Å². The van der Waals surface area contributed by atoms with Gasteiger partial charge in [0.05, 0.1) is 19.8 Å². The molecule has 0 saturated carbocycles. The number of hydrogen-bond donors (Lipinski definition) is 1. The number of carbonyl (C=O) groups excluding carboxylic acids is 1. The minimum absolute atomic E-state index is 0.199. The van der Waals surface area contributed by atoms with E-state index in [9.17, 15) is 4.79 Å². The molecule has 2 aliphatic heterocycles. The lowest BCUT2D eigenvalue weighted by atomic mass is 9.95. The van der Waals surface area contributed by atoms with E-state index >= 15 is 0 Å². The van der Waals surface area contributed by atoms with Crippen molar-refractivity contribution < 1.29 is 28.5 Å². The minimum Gasteiger partial charge on any atom is -0.368 e. The quantitative estimate of drug-likeness (QED) is 0.513. The van der Waals surface area contributed by atoms with Crippen LogP contribution in [0.5, 0.6) is 0 Å². The van der Waals surface area contributed by atoms with Gasteiger partial charge in [-0.25, -0.2) is 0 Å². The SMILES string of the molecule is CC(=O)N[C@H]1[C@H](OCc2ccccc2)O[C@@H]2COC(c3ccccc3)O[C@H]2[C@@H]1OCc1ccccc1. The second kappa shape index (κ2) is 11.8. The number of benzene rings is 3. The Bertz CT molecular complexity index is 1100. The molecule has 0 bridgehead atoms. The molecule has 2 fully saturated rings. The number of nitrogens with one attached hydrogen (secondary N) is 1. The Hall–Kier alpha value is -3.07. The first-order chi connectivity index (χ1) is 17.7. The van der Waals surface area contributed by atoms with Crippen LogP contribution in [-0.2, 0) is 41.7 Å². The Morgan fingerprint density at radius 2 is 1.42 bits per heavy atom. The van der Waals surface area contributed by atoms with E-state index in [-0.39, 0.29) is 5.91 Å².